The van der Waals surface area contributed by atoms with Gasteiger partial charge in [-0.2, -0.15) is 0 Å². The molecule has 0 amide bonds. The number of fused-ring (bicyclic) bond motifs is 1. The molecule has 132 valence electrons. The molecule has 0 radical (unpaired) electrons. The molecule has 0 spiro atoms. The largest absolute Gasteiger partial charge is 0.465 e. The lowest BCUT2D eigenvalue weighted by molar-refractivity contribution is 0.0597. The summed E-state index contributed by atoms with van der Waals surface area (Å²) in [6.45, 7) is 0. The molecule has 0 unspecified atom stereocenters. The topological polar surface area (TPSA) is 39.2 Å². The first-order valence-corrected chi connectivity index (χ1v) is 9.38. The minimum Gasteiger partial charge on any atom is -0.465 e. The maximum absolute atomic E-state index is 12.1. The van der Waals surface area contributed by atoms with Gasteiger partial charge in [0.25, 0.3) is 0 Å². The van der Waals surface area contributed by atoms with Crippen molar-refractivity contribution < 1.29 is 9.53 Å². The maximum Gasteiger partial charge on any atom is 0.339 e. The molecular formula is C23H17NO2S. The SMILES string of the molecule is COC(=O)c1ccccc1Sc1ccccc2c(-c3ccccc3)cnc1-2. The molecule has 1 aliphatic heterocycles. The highest BCUT2D eigenvalue weighted by Gasteiger charge is 2.18. The van der Waals surface area contributed by atoms with E-state index in [1.54, 1.807) is 6.07 Å². The van der Waals surface area contributed by atoms with Crippen LogP contribution in [0.1, 0.15) is 10.4 Å². The number of rotatable bonds is 4. The van der Waals surface area contributed by atoms with E-state index in [1.807, 2.05) is 60.8 Å². The molecular weight excluding hydrogens is 354 g/mol. The molecule has 0 saturated carbocycles. The Kier molecular flexibility index (Phi) is 4.90. The van der Waals surface area contributed by atoms with E-state index >= 15 is 0 Å². The molecule has 3 nitrogen and oxygen atoms in total. The van der Waals surface area contributed by atoms with Crippen LogP contribution in [0.15, 0.2) is 94.9 Å². The number of methoxy groups -OCH3 is 1. The highest BCUT2D eigenvalue weighted by atomic mass is 32.2. The number of carbonyl (C=O) groups excluding carboxylic acids is 1. The Hall–Kier alpha value is -3.11. The van der Waals surface area contributed by atoms with Crippen LogP contribution in [-0.2, 0) is 4.74 Å². The number of aromatic nitrogens is 1. The van der Waals surface area contributed by atoms with Crippen LogP contribution in [-0.4, -0.2) is 18.1 Å². The summed E-state index contributed by atoms with van der Waals surface area (Å²) in [6.07, 6.45) is 1.91. The van der Waals surface area contributed by atoms with Crippen molar-refractivity contribution in [3.63, 3.8) is 0 Å². The number of hydrogen-bond acceptors (Lipinski definition) is 4. The van der Waals surface area contributed by atoms with Crippen molar-refractivity contribution in [2.75, 3.05) is 7.11 Å². The zero-order valence-corrected chi connectivity index (χ0v) is 15.6. The van der Waals surface area contributed by atoms with Crippen molar-refractivity contribution in [3.05, 3.63) is 90.6 Å². The fraction of sp³-hybridized carbons (Fsp3) is 0.0435. The number of carbonyl (C=O) groups is 1. The molecule has 27 heavy (non-hydrogen) atoms. The molecule has 0 aromatic heterocycles. The Morgan fingerprint density at radius 2 is 1.48 bits per heavy atom. The zero-order valence-electron chi connectivity index (χ0n) is 14.8. The van der Waals surface area contributed by atoms with Crippen molar-refractivity contribution >= 4 is 17.7 Å². The molecule has 1 aliphatic carbocycles. The molecule has 4 rings (SSSR count). The molecule has 4 heteroatoms. The molecule has 2 aromatic carbocycles. The number of hydrogen-bond donors (Lipinski definition) is 0. The van der Waals surface area contributed by atoms with E-state index in [-0.39, 0.29) is 5.97 Å². The van der Waals surface area contributed by atoms with Gasteiger partial charge >= 0.3 is 5.97 Å². The average molecular weight is 371 g/mol. The quantitative estimate of drug-likeness (QED) is 0.426. The van der Waals surface area contributed by atoms with Gasteiger partial charge in [0.05, 0.1) is 18.4 Å². The first kappa shape index (κ1) is 17.3. The Morgan fingerprint density at radius 3 is 2.26 bits per heavy atom. The van der Waals surface area contributed by atoms with Gasteiger partial charge in [0.1, 0.15) is 0 Å². The Balaban J connectivity index is 1.77. The second-order valence-electron chi connectivity index (χ2n) is 5.97. The van der Waals surface area contributed by atoms with Crippen LogP contribution >= 0.6 is 11.8 Å². The summed E-state index contributed by atoms with van der Waals surface area (Å²) in [5.41, 5.74) is 4.80. The lowest BCUT2D eigenvalue weighted by Crippen LogP contribution is -2.02. The predicted octanol–water partition coefficient (Wildman–Crippen LogP) is 5.79. The highest BCUT2D eigenvalue weighted by molar-refractivity contribution is 7.99. The van der Waals surface area contributed by atoms with Crippen LogP contribution < -0.4 is 0 Å². The first-order valence-electron chi connectivity index (χ1n) is 8.56. The summed E-state index contributed by atoms with van der Waals surface area (Å²) in [7, 11) is 1.40. The second kappa shape index (κ2) is 7.64. The minimum absolute atomic E-state index is 0.338. The normalized spacial score (nSPS) is 10.7. The van der Waals surface area contributed by atoms with Crippen LogP contribution in [0, 0.1) is 0 Å². The van der Waals surface area contributed by atoms with Gasteiger partial charge in [0, 0.05) is 27.1 Å². The van der Waals surface area contributed by atoms with E-state index in [9.17, 15) is 4.79 Å². The third kappa shape index (κ3) is 3.44. The van der Waals surface area contributed by atoms with Crippen LogP contribution in [0.25, 0.3) is 22.4 Å². The van der Waals surface area contributed by atoms with Crippen molar-refractivity contribution in [3.8, 4) is 22.4 Å². The minimum atomic E-state index is -0.338. The van der Waals surface area contributed by atoms with Gasteiger partial charge in [-0.25, -0.2) is 4.79 Å². The highest BCUT2D eigenvalue weighted by Crippen LogP contribution is 2.41. The summed E-state index contributed by atoms with van der Waals surface area (Å²) in [5, 5.41) is 0. The van der Waals surface area contributed by atoms with Gasteiger partial charge < -0.3 is 4.74 Å². The van der Waals surface area contributed by atoms with E-state index in [0.29, 0.717) is 5.56 Å². The van der Waals surface area contributed by atoms with Crippen molar-refractivity contribution in [1.29, 1.82) is 0 Å². The monoisotopic (exact) mass is 371 g/mol. The second-order valence-corrected chi connectivity index (χ2v) is 7.06. The molecule has 2 aromatic rings. The third-order valence-corrected chi connectivity index (χ3v) is 5.45. The predicted molar refractivity (Wildman–Crippen MR) is 108 cm³/mol. The molecule has 0 bridgehead atoms. The summed E-state index contributed by atoms with van der Waals surface area (Å²) in [4.78, 5) is 18.6. The lowest BCUT2D eigenvalue weighted by Gasteiger charge is -2.08. The molecule has 0 N–H and O–H groups in total. The maximum atomic E-state index is 12.1. The molecule has 0 atom stereocenters. The van der Waals surface area contributed by atoms with E-state index in [4.69, 9.17) is 4.74 Å². The first-order chi connectivity index (χ1) is 13.3. The van der Waals surface area contributed by atoms with Crippen molar-refractivity contribution in [1.82, 2.24) is 4.98 Å². The lowest BCUT2D eigenvalue weighted by atomic mass is 10.0. The zero-order chi connectivity index (χ0) is 18.6. The average Bonchev–Trinajstić information content (AvgIpc) is 3.04. The smallest absolute Gasteiger partial charge is 0.339 e. The van der Waals surface area contributed by atoms with Crippen molar-refractivity contribution in [2.45, 2.75) is 9.79 Å². The van der Waals surface area contributed by atoms with Gasteiger partial charge in [-0.3, -0.25) is 4.98 Å². The van der Waals surface area contributed by atoms with Gasteiger partial charge in [0.15, 0.2) is 0 Å². The van der Waals surface area contributed by atoms with Gasteiger partial charge in [-0.1, -0.05) is 72.4 Å². The summed E-state index contributed by atoms with van der Waals surface area (Å²) >= 11 is 1.53. The van der Waals surface area contributed by atoms with E-state index in [0.717, 1.165) is 32.2 Å². The van der Waals surface area contributed by atoms with Gasteiger partial charge in [0.2, 0.25) is 0 Å². The van der Waals surface area contributed by atoms with Crippen molar-refractivity contribution in [2.24, 2.45) is 0 Å². The fourth-order valence-corrected chi connectivity index (χ4v) is 4.07. The van der Waals surface area contributed by atoms with E-state index in [1.165, 1.54) is 18.9 Å². The Labute approximate surface area is 162 Å². The van der Waals surface area contributed by atoms with Crippen LogP contribution in [0.2, 0.25) is 0 Å². The van der Waals surface area contributed by atoms with Crippen LogP contribution in [0.5, 0.6) is 0 Å². The summed E-state index contributed by atoms with van der Waals surface area (Å²) in [6, 6.07) is 25.8. The number of benzene rings is 2. The number of esters is 1. The van der Waals surface area contributed by atoms with Gasteiger partial charge in [-0.15, -0.1) is 0 Å². The molecule has 2 aliphatic rings. The molecule has 0 fully saturated rings. The summed E-state index contributed by atoms with van der Waals surface area (Å²) < 4.78 is 4.91. The number of nitrogens with zero attached hydrogens (tertiary/aromatic N) is 1. The third-order valence-electron chi connectivity index (χ3n) is 4.32. The Bertz CT molecular complexity index is 1060. The van der Waals surface area contributed by atoms with Crippen LogP contribution in [0.4, 0.5) is 0 Å². The summed E-state index contributed by atoms with van der Waals surface area (Å²) in [5.74, 6) is -0.338. The molecule has 1 heterocycles. The van der Waals surface area contributed by atoms with E-state index in [2.05, 4.69) is 23.2 Å². The number of ether oxygens (including phenoxy) is 1. The van der Waals surface area contributed by atoms with E-state index < -0.39 is 0 Å². The standard InChI is InChI=1S/C23H17NO2S/c1-26-23(25)18-12-6-7-13-20(18)27-21-14-8-5-11-17-19(15-24-22(17)21)16-9-3-2-4-10-16/h2-15H,1H3. The Morgan fingerprint density at radius 1 is 0.815 bits per heavy atom. The fourth-order valence-electron chi connectivity index (χ4n) is 3.02. The van der Waals surface area contributed by atoms with Crippen LogP contribution in [0.3, 0.4) is 0 Å². The van der Waals surface area contributed by atoms with Gasteiger partial charge in [-0.05, 0) is 23.8 Å². The molecule has 0 saturated heterocycles.